The van der Waals surface area contributed by atoms with Gasteiger partial charge in [0.05, 0.1) is 25.2 Å². The van der Waals surface area contributed by atoms with Gasteiger partial charge < -0.3 is 41.7 Å². The van der Waals surface area contributed by atoms with Gasteiger partial charge >= 0.3 is 0 Å². The Bertz CT molecular complexity index is 1180. The zero-order chi connectivity index (χ0) is 33.6. The second-order valence-corrected chi connectivity index (χ2v) is 14.8. The first kappa shape index (κ1) is 36.0. The van der Waals surface area contributed by atoms with E-state index >= 15 is 0 Å². The number of ether oxygens (including phenoxy) is 1. The Morgan fingerprint density at radius 2 is 1.78 bits per heavy atom. The molecule has 0 spiro atoms. The lowest BCUT2D eigenvalue weighted by Gasteiger charge is -2.37. The van der Waals surface area contributed by atoms with Gasteiger partial charge in [0.25, 0.3) is 5.91 Å². The Morgan fingerprint density at radius 3 is 2.37 bits per heavy atom. The number of hydrogen-bond donors (Lipinski definition) is 6. The van der Waals surface area contributed by atoms with E-state index in [0.717, 1.165) is 44.9 Å². The number of nitrogens with two attached hydrogens (primary N) is 1. The standard InChI is InChI=1S/C33H53ClN6O6/c1-5-9-23(27(41)31(44)37-21-13-14-21)38-29(42)24-16-22(46-25-15-12-20(34)17-36-25)18-40(24)32(45)28(33(2,3)4)39-30(43)26(35)19-10-7-6-8-11-19/h12,15,19,21-24,26-28,36,41H,5-11,13-14,16-18,35H2,1-4H3,(H,37,44)(H,38,42)(H,39,43)/t22-,23+,24+,26+,27?,28-/m1/s1. The van der Waals surface area contributed by atoms with Crippen LogP contribution in [0.2, 0.25) is 0 Å². The Balaban J connectivity index is 1.54. The zero-order valence-corrected chi connectivity index (χ0v) is 28.4. The van der Waals surface area contributed by atoms with Crippen molar-refractivity contribution in [3.63, 3.8) is 0 Å². The van der Waals surface area contributed by atoms with Crippen molar-refractivity contribution < 1.29 is 29.0 Å². The molecule has 258 valence electrons. The van der Waals surface area contributed by atoms with Gasteiger partial charge in [-0.25, -0.2) is 0 Å². The number of aliphatic hydroxyl groups excluding tert-OH is 1. The normalized spacial score (nSPS) is 24.8. The molecule has 2 heterocycles. The van der Waals surface area contributed by atoms with E-state index in [4.69, 9.17) is 22.1 Å². The summed E-state index contributed by atoms with van der Waals surface area (Å²) in [5.74, 6) is -1.28. The van der Waals surface area contributed by atoms with E-state index < -0.39 is 59.5 Å². The first-order chi connectivity index (χ1) is 21.8. The highest BCUT2D eigenvalue weighted by Crippen LogP contribution is 2.30. The first-order valence-electron chi connectivity index (χ1n) is 16.9. The molecule has 12 nitrogen and oxygen atoms in total. The number of carbonyl (C=O) groups is 4. The fourth-order valence-electron chi connectivity index (χ4n) is 6.45. The molecule has 0 bridgehead atoms. The van der Waals surface area contributed by atoms with Crippen LogP contribution in [-0.4, -0.2) is 89.1 Å². The molecule has 4 aliphatic rings. The maximum absolute atomic E-state index is 14.4. The molecular formula is C33H53ClN6O6. The van der Waals surface area contributed by atoms with Crippen LogP contribution in [0.3, 0.4) is 0 Å². The Hall–Kier alpha value is -2.83. The molecular weight excluding hydrogens is 612 g/mol. The number of allylic oxidation sites excluding steroid dienone is 2. The van der Waals surface area contributed by atoms with Gasteiger partial charge in [-0.3, -0.25) is 19.2 Å². The van der Waals surface area contributed by atoms with E-state index in [9.17, 15) is 24.3 Å². The van der Waals surface area contributed by atoms with Crippen LogP contribution in [0.4, 0.5) is 0 Å². The molecule has 2 saturated carbocycles. The average molecular weight is 665 g/mol. The highest BCUT2D eigenvalue weighted by molar-refractivity contribution is 6.30. The van der Waals surface area contributed by atoms with Crippen LogP contribution in [0.5, 0.6) is 0 Å². The van der Waals surface area contributed by atoms with Crippen molar-refractivity contribution in [1.29, 1.82) is 0 Å². The third-order valence-electron chi connectivity index (χ3n) is 9.35. The number of hydrogen-bond acceptors (Lipinski definition) is 8. The lowest BCUT2D eigenvalue weighted by molar-refractivity contribution is -0.145. The molecule has 4 amide bonds. The van der Waals surface area contributed by atoms with Crippen molar-refractivity contribution in [2.45, 2.75) is 134 Å². The van der Waals surface area contributed by atoms with Gasteiger partial charge in [-0.2, -0.15) is 0 Å². The number of nitrogens with one attached hydrogen (secondary N) is 4. The number of dihydropyridines is 1. The van der Waals surface area contributed by atoms with Gasteiger partial charge in [-0.15, -0.1) is 0 Å². The van der Waals surface area contributed by atoms with Crippen molar-refractivity contribution in [1.82, 2.24) is 26.2 Å². The third kappa shape index (κ3) is 9.60. The summed E-state index contributed by atoms with van der Waals surface area (Å²) in [6.07, 6.45) is 9.29. The first-order valence-corrected chi connectivity index (χ1v) is 17.3. The number of likely N-dealkylation sites (tertiary alicyclic amines) is 1. The topological polar surface area (TPSA) is 175 Å². The van der Waals surface area contributed by atoms with Gasteiger partial charge in [-0.1, -0.05) is 65.0 Å². The minimum Gasteiger partial charge on any atom is -0.474 e. The summed E-state index contributed by atoms with van der Waals surface area (Å²) < 4.78 is 6.17. The Labute approximate surface area is 277 Å². The smallest absolute Gasteiger partial charge is 0.251 e. The van der Waals surface area contributed by atoms with Crippen LogP contribution in [0.15, 0.2) is 23.1 Å². The minimum absolute atomic E-state index is 0.0594. The van der Waals surface area contributed by atoms with Crippen LogP contribution in [-0.2, 0) is 23.9 Å². The lowest BCUT2D eigenvalue weighted by Crippen LogP contribution is -2.61. The van der Waals surface area contributed by atoms with Crippen molar-refractivity contribution in [2.24, 2.45) is 17.1 Å². The molecule has 6 atom stereocenters. The second kappa shape index (κ2) is 15.8. The predicted molar refractivity (Wildman–Crippen MR) is 175 cm³/mol. The zero-order valence-electron chi connectivity index (χ0n) is 27.6. The summed E-state index contributed by atoms with van der Waals surface area (Å²) in [4.78, 5) is 55.8. The van der Waals surface area contributed by atoms with E-state index in [2.05, 4.69) is 21.3 Å². The molecule has 46 heavy (non-hydrogen) atoms. The summed E-state index contributed by atoms with van der Waals surface area (Å²) in [5, 5.41) is 23.2. The third-order valence-corrected chi connectivity index (χ3v) is 9.61. The molecule has 2 aliphatic carbocycles. The van der Waals surface area contributed by atoms with Gasteiger partial charge in [0, 0.05) is 17.5 Å². The number of amides is 4. The van der Waals surface area contributed by atoms with E-state index in [1.54, 1.807) is 12.2 Å². The minimum atomic E-state index is -1.43. The maximum atomic E-state index is 14.4. The molecule has 7 N–H and O–H groups in total. The van der Waals surface area contributed by atoms with Crippen LogP contribution in [0.25, 0.3) is 0 Å². The quantitative estimate of drug-likeness (QED) is 0.173. The molecule has 1 unspecified atom stereocenters. The van der Waals surface area contributed by atoms with Crippen molar-refractivity contribution >= 4 is 35.2 Å². The van der Waals surface area contributed by atoms with Crippen molar-refractivity contribution in [3.8, 4) is 0 Å². The SMILES string of the molecule is CCC[C@H](NC(=O)[C@@H]1C[C@@H](OC2=CC=C(Cl)CN2)CN1C(=O)[C@@H](NC(=O)[C@@H](N)C1CCCCC1)C(C)(C)C)C(O)C(=O)NC1CC1. The fourth-order valence-corrected chi connectivity index (χ4v) is 6.58. The van der Waals surface area contributed by atoms with Crippen LogP contribution >= 0.6 is 11.6 Å². The van der Waals surface area contributed by atoms with Gasteiger partial charge in [0.2, 0.25) is 17.7 Å². The van der Waals surface area contributed by atoms with Crippen molar-refractivity contribution in [2.75, 3.05) is 13.1 Å². The summed E-state index contributed by atoms with van der Waals surface area (Å²) in [7, 11) is 0. The molecule has 0 aromatic heterocycles. The summed E-state index contributed by atoms with van der Waals surface area (Å²) in [6, 6.07) is -3.43. The van der Waals surface area contributed by atoms with Gasteiger partial charge in [0.15, 0.2) is 12.0 Å². The predicted octanol–water partition coefficient (Wildman–Crippen LogP) is 1.90. The molecule has 3 fully saturated rings. The van der Waals surface area contributed by atoms with E-state index in [-0.39, 0.29) is 30.8 Å². The summed E-state index contributed by atoms with van der Waals surface area (Å²) >= 11 is 6.07. The Kier molecular flexibility index (Phi) is 12.4. The van der Waals surface area contributed by atoms with Crippen LogP contribution in [0.1, 0.15) is 91.9 Å². The summed E-state index contributed by atoms with van der Waals surface area (Å²) in [6.45, 7) is 7.97. The monoisotopic (exact) mass is 664 g/mol. The highest BCUT2D eigenvalue weighted by atomic mass is 35.5. The Morgan fingerprint density at radius 1 is 1.09 bits per heavy atom. The number of halogens is 1. The second-order valence-electron chi connectivity index (χ2n) is 14.3. The van der Waals surface area contributed by atoms with Gasteiger partial charge in [0.1, 0.15) is 18.2 Å². The number of nitrogens with zero attached hydrogens (tertiary/aromatic N) is 1. The van der Waals surface area contributed by atoms with Crippen LogP contribution in [0, 0.1) is 11.3 Å². The van der Waals surface area contributed by atoms with E-state index in [0.29, 0.717) is 30.3 Å². The molecule has 4 rings (SSSR count). The lowest BCUT2D eigenvalue weighted by atomic mass is 9.82. The number of aliphatic hydroxyl groups is 1. The highest BCUT2D eigenvalue weighted by Gasteiger charge is 2.47. The van der Waals surface area contributed by atoms with Crippen molar-refractivity contribution in [3.05, 3.63) is 23.1 Å². The van der Waals surface area contributed by atoms with Crippen LogP contribution < -0.4 is 27.0 Å². The van der Waals surface area contributed by atoms with E-state index in [1.807, 2.05) is 27.7 Å². The molecule has 0 aromatic rings. The summed E-state index contributed by atoms with van der Waals surface area (Å²) in [5.41, 5.74) is 5.72. The molecule has 0 aromatic carbocycles. The van der Waals surface area contributed by atoms with Gasteiger partial charge in [-0.05, 0) is 55.6 Å². The number of rotatable bonds is 13. The molecule has 1 saturated heterocycles. The van der Waals surface area contributed by atoms with E-state index in [1.165, 1.54) is 4.90 Å². The average Bonchev–Trinajstić information content (AvgIpc) is 3.74. The maximum Gasteiger partial charge on any atom is 0.251 e. The largest absolute Gasteiger partial charge is 0.474 e. The number of carbonyl (C=O) groups excluding carboxylic acids is 4. The molecule has 13 heteroatoms. The fraction of sp³-hybridized carbons (Fsp3) is 0.758. The molecule has 0 radical (unpaired) electrons. The molecule has 2 aliphatic heterocycles.